The predicted molar refractivity (Wildman–Crippen MR) is 180 cm³/mol. The van der Waals surface area contributed by atoms with Crippen LogP contribution in [0.1, 0.15) is 121 Å². The number of unbranched alkanes of at least 4 members (excludes halogenated alkanes) is 2. The lowest BCUT2D eigenvalue weighted by molar-refractivity contribution is -0.123. The molecule has 0 saturated heterocycles. The van der Waals surface area contributed by atoms with Gasteiger partial charge in [0.25, 0.3) is 0 Å². The summed E-state index contributed by atoms with van der Waals surface area (Å²) in [5.41, 5.74) is 9.74. The molecule has 2 aliphatic carbocycles. The van der Waals surface area contributed by atoms with Gasteiger partial charge in [-0.3, -0.25) is 9.78 Å². The van der Waals surface area contributed by atoms with Crippen LogP contribution in [0.15, 0.2) is 54.4 Å². The minimum absolute atomic E-state index is 0. The SMILES string of the molecule is C=O.CC.CC.CC.CCCCCC(=O)C1CCC2C(=CC=C2c2ccncc2)C1.Cc1cc(C)c(C)c(C)c1.O. The highest BCUT2D eigenvalue weighted by Gasteiger charge is 2.33. The van der Waals surface area contributed by atoms with E-state index in [1.807, 2.05) is 60.7 Å². The van der Waals surface area contributed by atoms with Crippen LogP contribution >= 0.6 is 0 Å². The van der Waals surface area contributed by atoms with Crippen molar-refractivity contribution in [2.24, 2.45) is 11.8 Å². The van der Waals surface area contributed by atoms with Crippen LogP contribution in [0, 0.1) is 39.5 Å². The molecule has 2 aliphatic rings. The third kappa shape index (κ3) is 14.6. The summed E-state index contributed by atoms with van der Waals surface area (Å²) in [7, 11) is 0. The fourth-order valence-corrected chi connectivity index (χ4v) is 5.06. The Labute approximate surface area is 253 Å². The number of aromatic nitrogens is 1. The number of ketones is 1. The molecule has 1 aromatic heterocycles. The summed E-state index contributed by atoms with van der Waals surface area (Å²) in [4.78, 5) is 24.5. The molecule has 0 spiro atoms. The lowest BCUT2D eigenvalue weighted by Crippen LogP contribution is -2.23. The van der Waals surface area contributed by atoms with E-state index >= 15 is 0 Å². The van der Waals surface area contributed by atoms with E-state index in [4.69, 9.17) is 4.79 Å². The highest BCUT2D eigenvalue weighted by molar-refractivity contribution is 5.82. The number of allylic oxidation sites excluding steroid dienone is 4. The molecular formula is C37H61NO3. The monoisotopic (exact) mass is 567 g/mol. The highest BCUT2D eigenvalue weighted by Crippen LogP contribution is 2.45. The first kappa shape index (κ1) is 42.6. The first-order valence-corrected chi connectivity index (χ1v) is 15.6. The fourth-order valence-electron chi connectivity index (χ4n) is 5.06. The molecule has 2 unspecified atom stereocenters. The number of nitrogens with zero attached hydrogens (tertiary/aromatic N) is 1. The Bertz CT molecular complexity index is 985. The Kier molecular flexibility index (Phi) is 27.1. The van der Waals surface area contributed by atoms with Crippen LogP contribution in [0.2, 0.25) is 0 Å². The van der Waals surface area contributed by atoms with Crippen molar-refractivity contribution in [3.8, 4) is 0 Å². The van der Waals surface area contributed by atoms with Crippen molar-refractivity contribution in [1.29, 1.82) is 0 Å². The smallest absolute Gasteiger partial charge is 0.136 e. The van der Waals surface area contributed by atoms with Gasteiger partial charge in [0.2, 0.25) is 0 Å². The van der Waals surface area contributed by atoms with Gasteiger partial charge in [-0.05, 0) is 93.3 Å². The summed E-state index contributed by atoms with van der Waals surface area (Å²) in [6, 6.07) is 8.62. The number of hydrogen-bond donors (Lipinski definition) is 0. The topological polar surface area (TPSA) is 78.5 Å². The number of pyridine rings is 1. The van der Waals surface area contributed by atoms with Gasteiger partial charge in [-0.1, -0.05) is 96.7 Å². The van der Waals surface area contributed by atoms with E-state index in [2.05, 4.69) is 76.0 Å². The molecule has 0 bridgehead atoms. The molecule has 1 saturated carbocycles. The van der Waals surface area contributed by atoms with Crippen LogP contribution in [0.3, 0.4) is 0 Å². The van der Waals surface area contributed by atoms with Crippen molar-refractivity contribution in [2.75, 3.05) is 0 Å². The molecule has 1 heterocycles. The summed E-state index contributed by atoms with van der Waals surface area (Å²) >= 11 is 0. The number of Topliss-reactive ketones (excluding diaryl/α,β-unsaturated/α-hetero) is 1. The van der Waals surface area contributed by atoms with E-state index in [0.29, 0.717) is 11.7 Å². The maximum absolute atomic E-state index is 12.4. The van der Waals surface area contributed by atoms with Gasteiger partial charge in [0.1, 0.15) is 12.6 Å². The molecule has 2 atom stereocenters. The van der Waals surface area contributed by atoms with E-state index < -0.39 is 0 Å². The maximum atomic E-state index is 12.4. The van der Waals surface area contributed by atoms with Gasteiger partial charge in [0.05, 0.1) is 0 Å². The number of hydrogen-bond acceptors (Lipinski definition) is 3. The largest absolute Gasteiger partial charge is 0.412 e. The Morgan fingerprint density at radius 1 is 0.854 bits per heavy atom. The lowest BCUT2D eigenvalue weighted by atomic mass is 9.74. The third-order valence-corrected chi connectivity index (χ3v) is 7.15. The van der Waals surface area contributed by atoms with Gasteiger partial charge in [-0.2, -0.15) is 0 Å². The Hall–Kier alpha value is -2.85. The van der Waals surface area contributed by atoms with Crippen LogP contribution in [-0.4, -0.2) is 23.0 Å². The zero-order valence-corrected chi connectivity index (χ0v) is 28.2. The van der Waals surface area contributed by atoms with Crippen LogP contribution in [-0.2, 0) is 9.59 Å². The molecule has 2 aromatic rings. The zero-order valence-electron chi connectivity index (χ0n) is 28.2. The van der Waals surface area contributed by atoms with E-state index in [9.17, 15) is 4.79 Å². The molecule has 1 aromatic carbocycles. The van der Waals surface area contributed by atoms with Crippen molar-refractivity contribution in [3.63, 3.8) is 0 Å². The van der Waals surface area contributed by atoms with Gasteiger partial charge in [0, 0.05) is 30.7 Å². The van der Waals surface area contributed by atoms with Crippen molar-refractivity contribution in [2.45, 2.75) is 121 Å². The van der Waals surface area contributed by atoms with Crippen LogP contribution in [0.25, 0.3) is 5.57 Å². The standard InChI is InChI=1S/C20H25NO.C10H14.3C2H6.CH2O.H2O/c1-2-3-4-5-20(22)17-7-9-19-16(14-17)6-8-18(19)15-10-12-21-13-11-15;1-7-5-8(2)10(4)9(3)6-7;4*1-2;/h6,8,10-13,17,19H,2-5,7,9,14H2,1H3;5-6H,1-4H3;3*1-2H3;1H2;1H2. The number of rotatable bonds is 6. The molecule has 1 fully saturated rings. The molecule has 4 rings (SSSR count). The first-order valence-electron chi connectivity index (χ1n) is 15.6. The first-order chi connectivity index (χ1) is 19.4. The fraction of sp³-hybridized carbons (Fsp3) is 0.541. The van der Waals surface area contributed by atoms with Gasteiger partial charge in [-0.25, -0.2) is 0 Å². The normalized spacial score (nSPS) is 15.7. The molecule has 4 nitrogen and oxygen atoms in total. The Balaban J connectivity index is -0.000000642. The zero-order chi connectivity index (χ0) is 31.1. The predicted octanol–water partition coefficient (Wildman–Crippen LogP) is 9.96. The highest BCUT2D eigenvalue weighted by atomic mass is 16.1. The van der Waals surface area contributed by atoms with Gasteiger partial charge in [0.15, 0.2) is 0 Å². The molecule has 2 N–H and O–H groups in total. The number of aryl methyl sites for hydroxylation is 3. The summed E-state index contributed by atoms with van der Waals surface area (Å²) in [5, 5.41) is 0. The number of carbonyl (C=O) groups excluding carboxylic acids is 2. The quantitative estimate of drug-likeness (QED) is 0.326. The van der Waals surface area contributed by atoms with E-state index in [1.165, 1.54) is 51.8 Å². The van der Waals surface area contributed by atoms with Crippen LogP contribution < -0.4 is 0 Å². The maximum Gasteiger partial charge on any atom is 0.136 e. The molecule has 0 amide bonds. The molecular weight excluding hydrogens is 506 g/mol. The van der Waals surface area contributed by atoms with E-state index in [0.717, 1.165) is 32.1 Å². The molecule has 232 valence electrons. The summed E-state index contributed by atoms with van der Waals surface area (Å²) in [6.07, 6.45) is 15.6. The molecule has 41 heavy (non-hydrogen) atoms. The van der Waals surface area contributed by atoms with Crippen LogP contribution in [0.5, 0.6) is 0 Å². The van der Waals surface area contributed by atoms with Crippen molar-refractivity contribution in [1.82, 2.24) is 4.98 Å². The van der Waals surface area contributed by atoms with Crippen molar-refractivity contribution in [3.05, 3.63) is 82.2 Å². The molecule has 0 aliphatic heterocycles. The number of fused-ring (bicyclic) bond motifs is 1. The molecule has 0 radical (unpaired) electrons. The van der Waals surface area contributed by atoms with Gasteiger partial charge >= 0.3 is 0 Å². The molecule has 4 heteroatoms. The van der Waals surface area contributed by atoms with Gasteiger partial charge < -0.3 is 10.3 Å². The summed E-state index contributed by atoms with van der Waals surface area (Å²) < 4.78 is 0. The van der Waals surface area contributed by atoms with E-state index in [-0.39, 0.29) is 11.4 Å². The van der Waals surface area contributed by atoms with Gasteiger partial charge in [-0.15, -0.1) is 0 Å². The minimum Gasteiger partial charge on any atom is -0.412 e. The van der Waals surface area contributed by atoms with Crippen LogP contribution in [0.4, 0.5) is 0 Å². The second-order valence-electron chi connectivity index (χ2n) is 9.58. The van der Waals surface area contributed by atoms with Crippen molar-refractivity contribution < 1.29 is 15.1 Å². The summed E-state index contributed by atoms with van der Waals surface area (Å²) in [6.45, 7) is 24.8. The second-order valence-corrected chi connectivity index (χ2v) is 9.58. The average Bonchev–Trinajstić information content (AvgIpc) is 3.44. The number of carbonyl (C=O) groups is 2. The summed E-state index contributed by atoms with van der Waals surface area (Å²) in [5.74, 6) is 1.29. The third-order valence-electron chi connectivity index (χ3n) is 7.15. The number of benzene rings is 1. The Morgan fingerprint density at radius 2 is 1.39 bits per heavy atom. The second kappa shape index (κ2) is 26.1. The van der Waals surface area contributed by atoms with E-state index in [1.54, 1.807) is 0 Å². The minimum atomic E-state index is 0. The van der Waals surface area contributed by atoms with Crippen molar-refractivity contribution >= 4 is 18.1 Å². The Morgan fingerprint density at radius 3 is 1.90 bits per heavy atom. The average molecular weight is 568 g/mol. The lowest BCUT2D eigenvalue weighted by Gasteiger charge is -2.29.